The number of halogens is 1. The summed E-state index contributed by atoms with van der Waals surface area (Å²) in [6, 6.07) is 3.79. The maximum absolute atomic E-state index is 10.5. The van der Waals surface area contributed by atoms with Crippen LogP contribution in [0.5, 0.6) is 0 Å². The van der Waals surface area contributed by atoms with E-state index >= 15 is 0 Å². The van der Waals surface area contributed by atoms with E-state index in [-0.39, 0.29) is 12.3 Å². The number of hydrogen-bond donors (Lipinski definition) is 2. The average molecular weight is 261 g/mol. The minimum atomic E-state index is -0.591. The summed E-state index contributed by atoms with van der Waals surface area (Å²) in [5.74, 6) is 0. The number of nitrogens with zero attached hydrogens (tertiary/aromatic N) is 1. The van der Waals surface area contributed by atoms with E-state index in [2.05, 4.69) is 15.9 Å². The van der Waals surface area contributed by atoms with Gasteiger partial charge in [0.1, 0.15) is 0 Å². The molecule has 0 saturated heterocycles. The Labute approximate surface area is 88.8 Å². The van der Waals surface area contributed by atoms with E-state index in [1.807, 2.05) is 0 Å². The Balaban J connectivity index is 3.13. The van der Waals surface area contributed by atoms with Crippen molar-refractivity contribution >= 4 is 21.6 Å². The van der Waals surface area contributed by atoms with Gasteiger partial charge in [-0.05, 0) is 11.6 Å². The Bertz CT molecular complexity index is 356. The molecule has 0 spiro atoms. The molecule has 5 nitrogen and oxygen atoms in total. The molecule has 0 aliphatic rings. The summed E-state index contributed by atoms with van der Waals surface area (Å²) in [4.78, 5) is 10.00. The summed E-state index contributed by atoms with van der Waals surface area (Å²) in [7, 11) is 0. The molecular weight excluding hydrogens is 252 g/mol. The van der Waals surface area contributed by atoms with Crippen LogP contribution in [0, 0.1) is 10.1 Å². The van der Waals surface area contributed by atoms with Crippen LogP contribution in [0.3, 0.4) is 0 Å². The molecule has 1 unspecified atom stereocenters. The Morgan fingerprint density at radius 2 is 2.21 bits per heavy atom. The molecule has 0 aromatic heterocycles. The van der Waals surface area contributed by atoms with Gasteiger partial charge in [0.15, 0.2) is 0 Å². The van der Waals surface area contributed by atoms with E-state index in [1.165, 1.54) is 12.1 Å². The molecule has 0 aliphatic carbocycles. The summed E-state index contributed by atoms with van der Waals surface area (Å²) < 4.78 is 0.575. The molecule has 6 heteroatoms. The molecule has 1 rings (SSSR count). The van der Waals surface area contributed by atoms with Gasteiger partial charge >= 0.3 is 0 Å². The maximum atomic E-state index is 10.5. The van der Waals surface area contributed by atoms with E-state index in [4.69, 9.17) is 10.8 Å². The van der Waals surface area contributed by atoms with Crippen LogP contribution >= 0.6 is 15.9 Å². The highest BCUT2D eigenvalue weighted by atomic mass is 79.9. The molecule has 0 aliphatic heterocycles. The number of hydrogen-bond acceptors (Lipinski definition) is 4. The van der Waals surface area contributed by atoms with Gasteiger partial charge in [-0.3, -0.25) is 10.1 Å². The molecule has 14 heavy (non-hydrogen) atoms. The molecule has 0 bridgehead atoms. The predicted molar refractivity (Wildman–Crippen MR) is 54.8 cm³/mol. The first-order valence-corrected chi connectivity index (χ1v) is 4.65. The molecular formula is C8H9BrN2O3. The van der Waals surface area contributed by atoms with Crippen LogP contribution in [0.25, 0.3) is 0 Å². The van der Waals surface area contributed by atoms with Crippen LogP contribution in [-0.4, -0.2) is 16.6 Å². The highest BCUT2D eigenvalue weighted by molar-refractivity contribution is 9.10. The fraction of sp³-hybridized carbons (Fsp3) is 0.250. The number of rotatable bonds is 3. The smallest absolute Gasteiger partial charge is 0.270 e. The third-order valence-corrected chi connectivity index (χ3v) is 2.20. The topological polar surface area (TPSA) is 89.4 Å². The molecule has 0 saturated carbocycles. The monoisotopic (exact) mass is 260 g/mol. The van der Waals surface area contributed by atoms with Gasteiger partial charge in [0.25, 0.3) is 5.69 Å². The second kappa shape index (κ2) is 4.50. The van der Waals surface area contributed by atoms with Crippen LogP contribution < -0.4 is 5.73 Å². The Morgan fingerprint density at radius 3 is 2.71 bits per heavy atom. The van der Waals surface area contributed by atoms with Crippen molar-refractivity contribution in [1.82, 2.24) is 0 Å². The SMILES string of the molecule is NC(CO)c1cc(Br)cc([N+](=O)[O-])c1. The second-order valence-electron chi connectivity index (χ2n) is 2.79. The zero-order valence-corrected chi connectivity index (χ0v) is 8.77. The molecule has 0 amide bonds. The van der Waals surface area contributed by atoms with E-state index in [0.717, 1.165) is 0 Å². The number of nitrogens with two attached hydrogens (primary N) is 1. The van der Waals surface area contributed by atoms with Gasteiger partial charge in [0, 0.05) is 16.6 Å². The van der Waals surface area contributed by atoms with Crippen LogP contribution in [0.2, 0.25) is 0 Å². The van der Waals surface area contributed by atoms with Crippen molar-refractivity contribution < 1.29 is 10.0 Å². The lowest BCUT2D eigenvalue weighted by molar-refractivity contribution is -0.385. The van der Waals surface area contributed by atoms with Gasteiger partial charge < -0.3 is 10.8 Å². The van der Waals surface area contributed by atoms with Crippen molar-refractivity contribution in [3.05, 3.63) is 38.3 Å². The molecule has 0 radical (unpaired) electrons. The standard InChI is InChI=1S/C8H9BrN2O3/c9-6-1-5(8(10)4-12)2-7(3-6)11(13)14/h1-3,8,12H,4,10H2. The minimum absolute atomic E-state index is 0.0433. The van der Waals surface area contributed by atoms with E-state index in [1.54, 1.807) is 6.07 Å². The molecule has 1 aromatic carbocycles. The highest BCUT2D eigenvalue weighted by Gasteiger charge is 2.12. The van der Waals surface area contributed by atoms with Gasteiger partial charge in [0.2, 0.25) is 0 Å². The van der Waals surface area contributed by atoms with Crippen molar-refractivity contribution in [1.29, 1.82) is 0 Å². The average Bonchev–Trinajstić information content (AvgIpc) is 2.15. The number of non-ortho nitro benzene ring substituents is 1. The summed E-state index contributed by atoms with van der Waals surface area (Å²) in [5.41, 5.74) is 6.03. The molecule has 3 N–H and O–H groups in total. The molecule has 0 fully saturated rings. The summed E-state index contributed by atoms with van der Waals surface area (Å²) in [5, 5.41) is 19.3. The van der Waals surface area contributed by atoms with Crippen LogP contribution in [0.15, 0.2) is 22.7 Å². The highest BCUT2D eigenvalue weighted by Crippen LogP contribution is 2.24. The predicted octanol–water partition coefficient (Wildman–Crippen LogP) is 1.35. The quantitative estimate of drug-likeness (QED) is 0.634. The van der Waals surface area contributed by atoms with E-state index in [0.29, 0.717) is 10.0 Å². The molecule has 76 valence electrons. The van der Waals surface area contributed by atoms with Gasteiger partial charge in [-0.25, -0.2) is 0 Å². The van der Waals surface area contributed by atoms with Crippen molar-refractivity contribution in [3.8, 4) is 0 Å². The van der Waals surface area contributed by atoms with Crippen molar-refractivity contribution in [3.63, 3.8) is 0 Å². The molecule has 1 aromatic rings. The maximum Gasteiger partial charge on any atom is 0.270 e. The van der Waals surface area contributed by atoms with Crippen LogP contribution in [-0.2, 0) is 0 Å². The number of nitro groups is 1. The minimum Gasteiger partial charge on any atom is -0.394 e. The number of benzene rings is 1. The Hall–Kier alpha value is -0.980. The Kier molecular flexibility index (Phi) is 3.56. The lowest BCUT2D eigenvalue weighted by Gasteiger charge is -2.08. The van der Waals surface area contributed by atoms with Crippen molar-refractivity contribution in [2.24, 2.45) is 5.73 Å². The number of nitro benzene ring substituents is 1. The zero-order chi connectivity index (χ0) is 10.7. The van der Waals surface area contributed by atoms with Crippen molar-refractivity contribution in [2.75, 3.05) is 6.61 Å². The van der Waals surface area contributed by atoms with Gasteiger partial charge in [-0.1, -0.05) is 15.9 Å². The lowest BCUT2D eigenvalue weighted by atomic mass is 10.1. The summed E-state index contributed by atoms with van der Waals surface area (Å²) in [6.45, 7) is -0.242. The van der Waals surface area contributed by atoms with E-state index in [9.17, 15) is 10.1 Å². The van der Waals surface area contributed by atoms with Crippen LogP contribution in [0.1, 0.15) is 11.6 Å². The van der Waals surface area contributed by atoms with Gasteiger partial charge in [-0.2, -0.15) is 0 Å². The lowest BCUT2D eigenvalue weighted by Crippen LogP contribution is -2.14. The zero-order valence-electron chi connectivity index (χ0n) is 7.18. The third kappa shape index (κ3) is 2.50. The number of aliphatic hydroxyl groups excluding tert-OH is 1. The Morgan fingerprint density at radius 1 is 1.57 bits per heavy atom. The first kappa shape index (κ1) is 11.1. The first-order chi connectivity index (χ1) is 6.54. The van der Waals surface area contributed by atoms with Crippen LogP contribution in [0.4, 0.5) is 5.69 Å². The normalized spacial score (nSPS) is 12.5. The molecule has 0 heterocycles. The summed E-state index contributed by atoms with van der Waals surface area (Å²) >= 11 is 3.14. The molecule has 1 atom stereocenters. The van der Waals surface area contributed by atoms with Gasteiger partial charge in [0.05, 0.1) is 17.6 Å². The van der Waals surface area contributed by atoms with Crippen molar-refractivity contribution in [2.45, 2.75) is 6.04 Å². The largest absolute Gasteiger partial charge is 0.394 e. The van der Waals surface area contributed by atoms with Gasteiger partial charge in [-0.15, -0.1) is 0 Å². The second-order valence-corrected chi connectivity index (χ2v) is 3.70. The summed E-state index contributed by atoms with van der Waals surface area (Å²) in [6.07, 6.45) is 0. The third-order valence-electron chi connectivity index (χ3n) is 1.74. The first-order valence-electron chi connectivity index (χ1n) is 3.86. The fourth-order valence-electron chi connectivity index (χ4n) is 1.02. The van der Waals surface area contributed by atoms with E-state index < -0.39 is 11.0 Å². The number of aliphatic hydroxyl groups is 1. The fourth-order valence-corrected chi connectivity index (χ4v) is 1.52.